The van der Waals surface area contributed by atoms with Gasteiger partial charge < -0.3 is 16.0 Å². The van der Waals surface area contributed by atoms with Gasteiger partial charge in [-0.2, -0.15) is 10.1 Å². The van der Waals surface area contributed by atoms with E-state index < -0.39 is 0 Å². The molecule has 0 bridgehead atoms. The van der Waals surface area contributed by atoms with Crippen LogP contribution in [0.1, 0.15) is 0 Å². The Kier molecular flexibility index (Phi) is 3.29. The molecule has 0 aliphatic carbocycles. The van der Waals surface area contributed by atoms with Crippen LogP contribution in [0, 0.1) is 5.82 Å². The van der Waals surface area contributed by atoms with Crippen molar-refractivity contribution in [2.24, 2.45) is 0 Å². The number of halogens is 1. The number of H-pyrrole nitrogens is 2. The first-order valence-corrected chi connectivity index (χ1v) is 8.29. The Bertz CT molecular complexity index is 1290. The second-order valence-electron chi connectivity index (χ2n) is 6.12. The number of hydrogen-bond acceptors (Lipinski definition) is 5. The predicted octanol–water partition coefficient (Wildman–Crippen LogP) is 3.97. The van der Waals surface area contributed by atoms with E-state index in [0.717, 1.165) is 16.6 Å². The molecule has 5 N–H and O–H groups in total. The molecule has 0 unspecified atom stereocenters. The van der Waals surface area contributed by atoms with E-state index in [4.69, 9.17) is 5.73 Å². The van der Waals surface area contributed by atoms with Gasteiger partial charge in [0.05, 0.1) is 16.8 Å². The van der Waals surface area contributed by atoms with Crippen LogP contribution in [-0.4, -0.2) is 25.1 Å². The van der Waals surface area contributed by atoms with Gasteiger partial charge in [0.25, 0.3) is 0 Å². The fraction of sp³-hybridized carbons (Fsp3) is 0. The molecule has 2 aromatic carbocycles. The third kappa shape index (κ3) is 2.54. The first-order valence-electron chi connectivity index (χ1n) is 8.29. The summed E-state index contributed by atoms with van der Waals surface area (Å²) in [5.74, 6) is 0.282. The lowest BCUT2D eigenvalue weighted by molar-refractivity contribution is 0.630. The Morgan fingerprint density at radius 1 is 1.04 bits per heavy atom. The highest BCUT2D eigenvalue weighted by atomic mass is 19.1. The van der Waals surface area contributed by atoms with E-state index >= 15 is 0 Å². The SMILES string of the molecule is Nc1nc(Nc2cccc3[nH]ccc23)ncc1-c1n[nH]c2ccc(F)cc12. The zero-order valence-corrected chi connectivity index (χ0v) is 14.0. The number of aromatic amines is 2. The number of fused-ring (bicyclic) bond motifs is 2. The smallest absolute Gasteiger partial charge is 0.229 e. The van der Waals surface area contributed by atoms with Crippen LogP contribution in [0.15, 0.2) is 54.9 Å². The summed E-state index contributed by atoms with van der Waals surface area (Å²) in [7, 11) is 0. The molecular weight excluding hydrogens is 345 g/mol. The maximum Gasteiger partial charge on any atom is 0.229 e. The number of rotatable bonds is 3. The summed E-state index contributed by atoms with van der Waals surface area (Å²) in [5, 5.41) is 11.9. The standard InChI is InChI=1S/C19H14FN7/c20-10-4-5-16-12(8-10)17(27-26-16)13-9-23-19(25-18(13)21)24-15-3-1-2-14-11(15)6-7-22-14/h1-9,22H,(H,26,27)(H3,21,23,24,25). The van der Waals surface area contributed by atoms with Crippen LogP contribution < -0.4 is 11.1 Å². The highest BCUT2D eigenvalue weighted by Gasteiger charge is 2.14. The molecule has 8 heteroatoms. The average molecular weight is 359 g/mol. The Balaban J connectivity index is 1.54. The van der Waals surface area contributed by atoms with E-state index in [1.807, 2.05) is 30.5 Å². The van der Waals surface area contributed by atoms with Gasteiger partial charge in [0.15, 0.2) is 0 Å². The van der Waals surface area contributed by atoms with Gasteiger partial charge in [-0.25, -0.2) is 9.37 Å². The van der Waals surface area contributed by atoms with E-state index in [0.29, 0.717) is 28.1 Å². The summed E-state index contributed by atoms with van der Waals surface area (Å²) in [4.78, 5) is 11.9. The average Bonchev–Trinajstić information content (AvgIpc) is 3.29. The van der Waals surface area contributed by atoms with E-state index in [9.17, 15) is 4.39 Å². The third-order valence-corrected chi connectivity index (χ3v) is 4.44. The number of nitrogen functional groups attached to an aromatic ring is 1. The number of benzene rings is 2. The summed E-state index contributed by atoms with van der Waals surface area (Å²) < 4.78 is 13.6. The van der Waals surface area contributed by atoms with E-state index in [1.54, 1.807) is 12.3 Å². The molecule has 132 valence electrons. The molecule has 7 nitrogen and oxygen atoms in total. The first kappa shape index (κ1) is 15.3. The summed E-state index contributed by atoms with van der Waals surface area (Å²) in [6.45, 7) is 0. The molecule has 0 radical (unpaired) electrons. The van der Waals surface area contributed by atoms with Crippen molar-refractivity contribution in [1.29, 1.82) is 0 Å². The number of nitrogens with one attached hydrogen (secondary N) is 3. The van der Waals surface area contributed by atoms with Crippen molar-refractivity contribution in [3.63, 3.8) is 0 Å². The Morgan fingerprint density at radius 3 is 2.85 bits per heavy atom. The van der Waals surface area contributed by atoms with Crippen molar-refractivity contribution < 1.29 is 4.39 Å². The summed E-state index contributed by atoms with van der Waals surface area (Å²) in [6, 6.07) is 12.2. The predicted molar refractivity (Wildman–Crippen MR) is 103 cm³/mol. The second kappa shape index (κ2) is 5.80. The number of anilines is 3. The largest absolute Gasteiger partial charge is 0.383 e. The van der Waals surface area contributed by atoms with Crippen molar-refractivity contribution in [1.82, 2.24) is 25.1 Å². The van der Waals surface area contributed by atoms with E-state index in [-0.39, 0.29) is 11.6 Å². The molecule has 3 aromatic heterocycles. The molecular formula is C19H14FN7. The molecule has 0 aliphatic heterocycles. The topological polar surface area (TPSA) is 108 Å². The molecule has 27 heavy (non-hydrogen) atoms. The van der Waals surface area contributed by atoms with Crippen molar-refractivity contribution in [3.8, 4) is 11.3 Å². The molecule has 3 heterocycles. The number of nitrogens with two attached hydrogens (primary N) is 1. The molecule has 0 saturated carbocycles. The van der Waals surface area contributed by atoms with Crippen LogP contribution in [0.5, 0.6) is 0 Å². The Labute approximate surface area is 152 Å². The summed E-state index contributed by atoms with van der Waals surface area (Å²) in [5.41, 5.74) is 9.79. The number of nitrogens with zero attached hydrogens (tertiary/aromatic N) is 3. The van der Waals surface area contributed by atoms with Crippen LogP contribution in [-0.2, 0) is 0 Å². The van der Waals surface area contributed by atoms with Gasteiger partial charge in [-0.1, -0.05) is 6.07 Å². The quantitative estimate of drug-likeness (QED) is 0.390. The van der Waals surface area contributed by atoms with Crippen molar-refractivity contribution in [3.05, 3.63) is 60.7 Å². The number of aromatic nitrogens is 5. The zero-order valence-electron chi connectivity index (χ0n) is 14.0. The van der Waals surface area contributed by atoms with Gasteiger partial charge in [0.2, 0.25) is 5.95 Å². The van der Waals surface area contributed by atoms with Crippen LogP contribution in [0.25, 0.3) is 33.1 Å². The minimum atomic E-state index is -0.345. The minimum absolute atomic E-state index is 0.256. The molecule has 0 amide bonds. The van der Waals surface area contributed by atoms with Gasteiger partial charge in [-0.3, -0.25) is 5.10 Å². The van der Waals surface area contributed by atoms with Crippen LogP contribution in [0.3, 0.4) is 0 Å². The molecule has 0 fully saturated rings. The van der Waals surface area contributed by atoms with Crippen LogP contribution >= 0.6 is 0 Å². The first-order chi connectivity index (χ1) is 13.2. The normalized spacial score (nSPS) is 11.3. The molecule has 5 aromatic rings. The highest BCUT2D eigenvalue weighted by Crippen LogP contribution is 2.31. The lowest BCUT2D eigenvalue weighted by Gasteiger charge is -2.08. The fourth-order valence-electron chi connectivity index (χ4n) is 3.14. The molecule has 5 rings (SSSR count). The van der Waals surface area contributed by atoms with Gasteiger partial charge in [0.1, 0.15) is 17.3 Å². The van der Waals surface area contributed by atoms with Gasteiger partial charge in [-0.15, -0.1) is 0 Å². The maximum absolute atomic E-state index is 13.6. The van der Waals surface area contributed by atoms with Gasteiger partial charge >= 0.3 is 0 Å². The van der Waals surface area contributed by atoms with E-state index in [1.165, 1.54) is 12.1 Å². The molecule has 0 aliphatic rings. The van der Waals surface area contributed by atoms with Crippen molar-refractivity contribution >= 4 is 39.3 Å². The van der Waals surface area contributed by atoms with Gasteiger partial charge in [-0.05, 0) is 36.4 Å². The monoisotopic (exact) mass is 359 g/mol. The van der Waals surface area contributed by atoms with Gasteiger partial charge in [0, 0.05) is 28.7 Å². The van der Waals surface area contributed by atoms with Crippen molar-refractivity contribution in [2.45, 2.75) is 0 Å². The minimum Gasteiger partial charge on any atom is -0.383 e. The van der Waals surface area contributed by atoms with E-state index in [2.05, 4.69) is 30.5 Å². The maximum atomic E-state index is 13.6. The third-order valence-electron chi connectivity index (χ3n) is 4.44. The molecule has 0 saturated heterocycles. The molecule has 0 spiro atoms. The number of hydrogen-bond donors (Lipinski definition) is 4. The fourth-order valence-corrected chi connectivity index (χ4v) is 3.14. The zero-order chi connectivity index (χ0) is 18.4. The molecule has 0 atom stereocenters. The highest BCUT2D eigenvalue weighted by molar-refractivity contribution is 5.96. The lowest BCUT2D eigenvalue weighted by atomic mass is 10.1. The Hall–Kier alpha value is -3.94. The van der Waals surface area contributed by atoms with Crippen LogP contribution in [0.4, 0.5) is 21.8 Å². The van der Waals surface area contributed by atoms with Crippen molar-refractivity contribution in [2.75, 3.05) is 11.1 Å². The second-order valence-corrected chi connectivity index (χ2v) is 6.12. The lowest BCUT2D eigenvalue weighted by Crippen LogP contribution is -2.02. The summed E-state index contributed by atoms with van der Waals surface area (Å²) in [6.07, 6.45) is 3.46. The Morgan fingerprint density at radius 2 is 1.96 bits per heavy atom. The summed E-state index contributed by atoms with van der Waals surface area (Å²) >= 11 is 0. The van der Waals surface area contributed by atoms with Crippen LogP contribution in [0.2, 0.25) is 0 Å².